The summed E-state index contributed by atoms with van der Waals surface area (Å²) in [5.41, 5.74) is 0. The van der Waals surface area contributed by atoms with E-state index in [0.717, 1.165) is 6.08 Å². The van der Waals surface area contributed by atoms with E-state index < -0.39 is 36.0 Å². The normalized spacial score (nSPS) is 17.5. The maximum Gasteiger partial charge on any atom is 0.301 e. The molecule has 3 atom stereocenters. The van der Waals surface area contributed by atoms with Gasteiger partial charge in [0.1, 0.15) is 12.2 Å². The maximum absolute atomic E-state index is 10.7. The van der Waals surface area contributed by atoms with Gasteiger partial charge >= 0.3 is 11.4 Å². The van der Waals surface area contributed by atoms with Crippen LogP contribution in [-0.2, 0) is 20.3 Å². The van der Waals surface area contributed by atoms with Crippen LogP contribution >= 0.6 is 0 Å². The van der Waals surface area contributed by atoms with Crippen molar-refractivity contribution in [3.8, 4) is 0 Å². The molecule has 0 radical (unpaired) electrons. The van der Waals surface area contributed by atoms with Crippen molar-refractivity contribution in [3.05, 3.63) is 12.7 Å². The van der Waals surface area contributed by atoms with Gasteiger partial charge in [-0.1, -0.05) is 6.58 Å². The summed E-state index contributed by atoms with van der Waals surface area (Å²) in [6.07, 6.45) is -2.38. The number of hydrogen-bond acceptors (Lipinski definition) is 5. The molecule has 0 bridgehead atoms. The van der Waals surface area contributed by atoms with Gasteiger partial charge in [-0.05, 0) is 6.08 Å². The Balaban J connectivity index is 3.95. The zero-order valence-corrected chi connectivity index (χ0v) is 7.44. The quantitative estimate of drug-likeness (QED) is 0.368. The molecule has 7 heteroatoms. The van der Waals surface area contributed by atoms with Gasteiger partial charge in [-0.25, -0.2) is 0 Å². The van der Waals surface area contributed by atoms with Crippen molar-refractivity contribution in [3.63, 3.8) is 0 Å². The molecule has 76 valence electrons. The molecule has 0 saturated carbocycles. The van der Waals surface area contributed by atoms with E-state index in [0.29, 0.717) is 0 Å². The first-order chi connectivity index (χ1) is 5.99. The summed E-state index contributed by atoms with van der Waals surface area (Å²) in [7, 11) is 0. The third kappa shape index (κ3) is 4.86. The molecule has 0 fully saturated rings. The Morgan fingerprint density at radius 2 is 2.15 bits per heavy atom. The highest BCUT2D eigenvalue weighted by Crippen LogP contribution is 1.97. The Kier molecular flexibility index (Phi) is 5.67. The molecule has 3 unspecified atom stereocenters. The molecule has 0 aliphatic carbocycles. The van der Waals surface area contributed by atoms with Crippen molar-refractivity contribution >= 4 is 17.1 Å². The fourth-order valence-corrected chi connectivity index (χ4v) is 0.785. The number of carbonyl (C=O) groups excluding carboxylic acids is 1. The van der Waals surface area contributed by atoms with E-state index in [-0.39, 0.29) is 0 Å². The Labute approximate surface area is 77.3 Å². The first-order valence-corrected chi connectivity index (χ1v) is 4.28. The number of aliphatic hydroxyl groups is 2. The highest BCUT2D eigenvalue weighted by molar-refractivity contribution is 7.74. The van der Waals surface area contributed by atoms with Crippen molar-refractivity contribution in [2.45, 2.75) is 12.2 Å². The predicted octanol–water partition coefficient (Wildman–Crippen LogP) is -1.38. The number of ketones is 1. The Bertz CT molecular complexity index is 215. The number of hydrogen-bond donors (Lipinski definition) is 3. The van der Waals surface area contributed by atoms with Gasteiger partial charge in [0.15, 0.2) is 5.78 Å². The standard InChI is InChI=1S/C6H10O6S/c1-2-4(7)6(9)5(8)3-12-13(10)11/h2,5-6,8-9H,1,3H2,(H,10,11). The summed E-state index contributed by atoms with van der Waals surface area (Å²) >= 11 is -2.53. The predicted molar refractivity (Wildman–Crippen MR) is 43.9 cm³/mol. The van der Waals surface area contributed by atoms with Crippen LogP contribution < -0.4 is 0 Å². The van der Waals surface area contributed by atoms with Crippen LogP contribution in [0.25, 0.3) is 0 Å². The Morgan fingerprint density at radius 1 is 1.62 bits per heavy atom. The lowest BCUT2D eigenvalue weighted by molar-refractivity contribution is -0.129. The molecular formula is C6H10O6S. The Hall–Kier alpha value is -0.600. The summed E-state index contributed by atoms with van der Waals surface area (Å²) in [5.74, 6) is -0.778. The zero-order valence-electron chi connectivity index (χ0n) is 6.62. The van der Waals surface area contributed by atoms with E-state index in [1.165, 1.54) is 0 Å². The molecule has 0 aliphatic rings. The van der Waals surface area contributed by atoms with Crippen LogP contribution in [0.1, 0.15) is 0 Å². The molecule has 0 heterocycles. The molecule has 0 saturated heterocycles. The third-order valence-electron chi connectivity index (χ3n) is 1.20. The summed E-state index contributed by atoms with van der Waals surface area (Å²) in [6, 6.07) is 0. The third-order valence-corrected chi connectivity index (χ3v) is 1.53. The van der Waals surface area contributed by atoms with E-state index in [9.17, 15) is 9.00 Å². The second-order valence-electron chi connectivity index (χ2n) is 2.12. The molecule has 0 rings (SSSR count). The first-order valence-electron chi connectivity index (χ1n) is 3.25. The Morgan fingerprint density at radius 3 is 2.54 bits per heavy atom. The lowest BCUT2D eigenvalue weighted by atomic mass is 10.1. The average Bonchev–Trinajstić information content (AvgIpc) is 2.11. The SMILES string of the molecule is C=CC(=O)C(O)C(O)COS(=O)O. The lowest BCUT2D eigenvalue weighted by Crippen LogP contribution is -2.36. The summed E-state index contributed by atoms with van der Waals surface area (Å²) in [5, 5.41) is 17.9. The van der Waals surface area contributed by atoms with E-state index >= 15 is 0 Å². The summed E-state index contributed by atoms with van der Waals surface area (Å²) in [4.78, 5) is 10.7. The van der Waals surface area contributed by atoms with Crippen LogP contribution in [0.3, 0.4) is 0 Å². The van der Waals surface area contributed by atoms with Gasteiger partial charge in [-0.2, -0.15) is 4.21 Å². The highest BCUT2D eigenvalue weighted by Gasteiger charge is 2.22. The lowest BCUT2D eigenvalue weighted by Gasteiger charge is -2.13. The van der Waals surface area contributed by atoms with Crippen LogP contribution in [0, 0.1) is 0 Å². The van der Waals surface area contributed by atoms with Crippen molar-refractivity contribution in [2.75, 3.05) is 6.61 Å². The zero-order chi connectivity index (χ0) is 10.4. The summed E-state index contributed by atoms with van der Waals surface area (Å²) in [6.45, 7) is 2.48. The van der Waals surface area contributed by atoms with E-state index in [2.05, 4.69) is 10.8 Å². The molecule has 6 nitrogen and oxygen atoms in total. The number of rotatable bonds is 6. The minimum atomic E-state index is -2.53. The van der Waals surface area contributed by atoms with Crippen molar-refractivity contribution in [1.29, 1.82) is 0 Å². The monoisotopic (exact) mass is 210 g/mol. The van der Waals surface area contributed by atoms with Gasteiger partial charge in [0.2, 0.25) is 0 Å². The smallest absolute Gasteiger partial charge is 0.301 e. The molecule has 13 heavy (non-hydrogen) atoms. The van der Waals surface area contributed by atoms with Gasteiger partial charge in [0.05, 0.1) is 6.61 Å². The molecule has 0 spiro atoms. The number of aliphatic hydroxyl groups excluding tert-OH is 2. The second kappa shape index (κ2) is 5.95. The minimum absolute atomic E-state index is 0.607. The molecule has 0 aromatic carbocycles. The molecule has 3 N–H and O–H groups in total. The largest absolute Gasteiger partial charge is 0.387 e. The number of carbonyl (C=O) groups is 1. The van der Waals surface area contributed by atoms with Gasteiger partial charge in [0.25, 0.3) is 0 Å². The van der Waals surface area contributed by atoms with Crippen LogP contribution in [0.4, 0.5) is 0 Å². The van der Waals surface area contributed by atoms with Gasteiger partial charge in [-0.15, -0.1) is 0 Å². The topological polar surface area (TPSA) is 104 Å². The average molecular weight is 210 g/mol. The molecule has 0 aromatic heterocycles. The summed E-state index contributed by atoms with van der Waals surface area (Å²) < 4.78 is 22.1. The minimum Gasteiger partial charge on any atom is -0.387 e. The highest BCUT2D eigenvalue weighted by atomic mass is 32.2. The van der Waals surface area contributed by atoms with Crippen LogP contribution in [0.2, 0.25) is 0 Å². The second-order valence-corrected chi connectivity index (χ2v) is 2.79. The van der Waals surface area contributed by atoms with Crippen molar-refractivity contribution in [1.82, 2.24) is 0 Å². The molecule has 0 aliphatic heterocycles. The molecule has 0 aromatic rings. The fraction of sp³-hybridized carbons (Fsp3) is 0.500. The fourth-order valence-electron chi connectivity index (χ4n) is 0.529. The van der Waals surface area contributed by atoms with E-state index in [1.807, 2.05) is 0 Å². The first kappa shape index (κ1) is 12.4. The van der Waals surface area contributed by atoms with Gasteiger partial charge < -0.3 is 10.2 Å². The van der Waals surface area contributed by atoms with E-state index in [4.69, 9.17) is 14.8 Å². The van der Waals surface area contributed by atoms with Crippen LogP contribution in [-0.4, -0.2) is 43.6 Å². The van der Waals surface area contributed by atoms with Gasteiger partial charge in [0, 0.05) is 0 Å². The molecular weight excluding hydrogens is 200 g/mol. The van der Waals surface area contributed by atoms with Crippen molar-refractivity contribution < 1.29 is 28.0 Å². The molecule has 0 amide bonds. The van der Waals surface area contributed by atoms with Gasteiger partial charge in [-0.3, -0.25) is 13.5 Å². The van der Waals surface area contributed by atoms with Crippen LogP contribution in [0.15, 0.2) is 12.7 Å². The maximum atomic E-state index is 10.7. The van der Waals surface area contributed by atoms with Crippen LogP contribution in [0.5, 0.6) is 0 Å². The van der Waals surface area contributed by atoms with Crippen molar-refractivity contribution in [2.24, 2.45) is 0 Å². The van der Waals surface area contributed by atoms with E-state index in [1.54, 1.807) is 0 Å².